The Kier molecular flexibility index (Phi) is 4.40. The predicted octanol–water partition coefficient (Wildman–Crippen LogP) is 3.59. The van der Waals surface area contributed by atoms with E-state index in [1.165, 1.54) is 5.56 Å². The zero-order valence-electron chi connectivity index (χ0n) is 9.82. The van der Waals surface area contributed by atoms with Crippen molar-refractivity contribution >= 4 is 15.9 Å². The molecule has 1 atom stereocenters. The van der Waals surface area contributed by atoms with Crippen LogP contribution in [0.5, 0.6) is 0 Å². The van der Waals surface area contributed by atoms with Gasteiger partial charge in [-0.15, -0.1) is 0 Å². The van der Waals surface area contributed by atoms with E-state index in [9.17, 15) is 0 Å². The molecule has 1 heterocycles. The molecule has 1 aromatic heterocycles. The van der Waals surface area contributed by atoms with Crippen LogP contribution in [-0.4, -0.2) is 13.6 Å². The third-order valence-electron chi connectivity index (χ3n) is 2.84. The fourth-order valence-electron chi connectivity index (χ4n) is 1.97. The Morgan fingerprint density at radius 2 is 2.00 bits per heavy atom. The normalized spacial score (nSPS) is 12.6. The zero-order chi connectivity index (χ0) is 12.1. The van der Waals surface area contributed by atoms with Crippen LogP contribution in [0.2, 0.25) is 0 Å². The van der Waals surface area contributed by atoms with E-state index < -0.39 is 0 Å². The van der Waals surface area contributed by atoms with Crippen molar-refractivity contribution in [2.24, 2.45) is 0 Å². The average molecular weight is 294 g/mol. The highest BCUT2D eigenvalue weighted by Gasteiger charge is 2.15. The Balaban J connectivity index is 2.16. The molecule has 2 aromatic rings. The number of rotatable bonds is 5. The van der Waals surface area contributed by atoms with Gasteiger partial charge in [0.2, 0.25) is 0 Å². The molecule has 2 nitrogen and oxygen atoms in total. The van der Waals surface area contributed by atoms with Crippen molar-refractivity contribution in [3.63, 3.8) is 0 Å². The van der Waals surface area contributed by atoms with Crippen molar-refractivity contribution in [3.8, 4) is 0 Å². The molecule has 1 N–H and O–H groups in total. The third kappa shape index (κ3) is 3.20. The van der Waals surface area contributed by atoms with E-state index in [1.54, 1.807) is 6.26 Å². The van der Waals surface area contributed by atoms with Gasteiger partial charge in [-0.2, -0.15) is 0 Å². The van der Waals surface area contributed by atoms with E-state index >= 15 is 0 Å². The second-order valence-electron chi connectivity index (χ2n) is 4.06. The molecule has 17 heavy (non-hydrogen) atoms. The lowest BCUT2D eigenvalue weighted by Crippen LogP contribution is -2.19. The molecule has 90 valence electrons. The van der Waals surface area contributed by atoms with Crippen molar-refractivity contribution < 1.29 is 4.42 Å². The maximum atomic E-state index is 5.49. The first kappa shape index (κ1) is 12.4. The number of hydrogen-bond donors (Lipinski definition) is 1. The summed E-state index contributed by atoms with van der Waals surface area (Å²) in [6, 6.07) is 12.5. The summed E-state index contributed by atoms with van der Waals surface area (Å²) in [6.45, 7) is 0.942. The Bertz CT molecular complexity index is 452. The summed E-state index contributed by atoms with van der Waals surface area (Å²) in [5, 5.41) is 3.24. The molecule has 0 aliphatic heterocycles. The molecule has 0 aliphatic carbocycles. The summed E-state index contributed by atoms with van der Waals surface area (Å²) >= 11 is 3.50. The number of nitrogens with one attached hydrogen (secondary N) is 1. The molecule has 1 aromatic carbocycles. The molecule has 0 saturated heterocycles. The zero-order valence-corrected chi connectivity index (χ0v) is 11.4. The van der Waals surface area contributed by atoms with Gasteiger partial charge >= 0.3 is 0 Å². The Hall–Kier alpha value is -1.06. The lowest BCUT2D eigenvalue weighted by molar-refractivity contribution is 0.477. The Morgan fingerprint density at radius 3 is 2.59 bits per heavy atom. The van der Waals surface area contributed by atoms with Gasteiger partial charge in [-0.05, 0) is 34.6 Å². The van der Waals surface area contributed by atoms with Gasteiger partial charge in [-0.3, -0.25) is 0 Å². The van der Waals surface area contributed by atoms with Gasteiger partial charge in [0.15, 0.2) is 0 Å². The molecule has 0 amide bonds. The molecule has 0 bridgehead atoms. The topological polar surface area (TPSA) is 25.2 Å². The van der Waals surface area contributed by atoms with Crippen LogP contribution < -0.4 is 5.32 Å². The minimum Gasteiger partial charge on any atom is -0.468 e. The second-order valence-corrected chi connectivity index (χ2v) is 4.92. The standard InChI is InChI=1S/C14H16BrNO/c1-16-10-12(11-5-3-2-4-6-11)9-14-13(15)7-8-17-14/h2-8,12,16H,9-10H2,1H3. The van der Waals surface area contributed by atoms with Gasteiger partial charge in [0, 0.05) is 18.9 Å². The van der Waals surface area contributed by atoms with Crippen LogP contribution in [0.25, 0.3) is 0 Å². The quantitative estimate of drug-likeness (QED) is 0.911. The SMILES string of the molecule is CNCC(Cc1occc1Br)c1ccccc1. The first-order valence-electron chi connectivity index (χ1n) is 5.72. The van der Waals surface area contributed by atoms with Gasteiger partial charge in [0.25, 0.3) is 0 Å². The first-order chi connectivity index (χ1) is 8.31. The molecule has 3 heteroatoms. The number of likely N-dealkylation sites (N-methyl/N-ethyl adjacent to an activating group) is 1. The number of hydrogen-bond acceptors (Lipinski definition) is 2. The van der Waals surface area contributed by atoms with Crippen molar-refractivity contribution in [1.82, 2.24) is 5.32 Å². The van der Waals surface area contributed by atoms with E-state index in [-0.39, 0.29) is 0 Å². The average Bonchev–Trinajstić information content (AvgIpc) is 2.76. The van der Waals surface area contributed by atoms with Crippen LogP contribution in [0.15, 0.2) is 51.6 Å². The van der Waals surface area contributed by atoms with Crippen molar-refractivity contribution in [1.29, 1.82) is 0 Å². The minimum absolute atomic E-state index is 0.434. The van der Waals surface area contributed by atoms with Crippen LogP contribution in [-0.2, 0) is 6.42 Å². The van der Waals surface area contributed by atoms with Gasteiger partial charge < -0.3 is 9.73 Å². The van der Waals surface area contributed by atoms with Crippen molar-refractivity contribution in [2.45, 2.75) is 12.3 Å². The molecule has 0 radical (unpaired) electrons. The van der Waals surface area contributed by atoms with Crippen molar-refractivity contribution in [3.05, 3.63) is 58.5 Å². The minimum atomic E-state index is 0.434. The van der Waals surface area contributed by atoms with Crippen LogP contribution in [0.4, 0.5) is 0 Å². The van der Waals surface area contributed by atoms with Gasteiger partial charge in [-0.1, -0.05) is 30.3 Å². The van der Waals surface area contributed by atoms with E-state index in [2.05, 4.69) is 45.5 Å². The molecular formula is C14H16BrNO. The predicted molar refractivity (Wildman–Crippen MR) is 73.2 cm³/mol. The van der Waals surface area contributed by atoms with Gasteiger partial charge in [-0.25, -0.2) is 0 Å². The third-order valence-corrected chi connectivity index (χ3v) is 3.55. The van der Waals surface area contributed by atoms with Crippen molar-refractivity contribution in [2.75, 3.05) is 13.6 Å². The Morgan fingerprint density at radius 1 is 1.24 bits per heavy atom. The molecule has 0 spiro atoms. The molecular weight excluding hydrogens is 278 g/mol. The van der Waals surface area contributed by atoms with E-state index in [1.807, 2.05) is 19.2 Å². The summed E-state index contributed by atoms with van der Waals surface area (Å²) < 4.78 is 6.54. The second kappa shape index (κ2) is 6.03. The largest absolute Gasteiger partial charge is 0.468 e. The van der Waals surface area contributed by atoms with Crippen LogP contribution in [0.3, 0.4) is 0 Å². The van der Waals surface area contributed by atoms with E-state index in [0.29, 0.717) is 5.92 Å². The molecule has 0 aliphatic rings. The smallest absolute Gasteiger partial charge is 0.118 e. The molecule has 1 unspecified atom stereocenters. The number of benzene rings is 1. The lowest BCUT2D eigenvalue weighted by Gasteiger charge is -2.16. The fourth-order valence-corrected chi connectivity index (χ4v) is 2.34. The number of furan rings is 1. The summed E-state index contributed by atoms with van der Waals surface area (Å²) in [5.74, 6) is 1.44. The van der Waals surface area contributed by atoms with Crippen LogP contribution in [0.1, 0.15) is 17.2 Å². The number of halogens is 1. The molecule has 2 rings (SSSR count). The van der Waals surface area contributed by atoms with E-state index in [0.717, 1.165) is 23.2 Å². The van der Waals surface area contributed by atoms with Crippen LogP contribution >= 0.6 is 15.9 Å². The summed E-state index contributed by atoms with van der Waals surface area (Å²) in [6.07, 6.45) is 2.62. The molecule has 0 fully saturated rings. The highest BCUT2D eigenvalue weighted by atomic mass is 79.9. The highest BCUT2D eigenvalue weighted by molar-refractivity contribution is 9.10. The van der Waals surface area contributed by atoms with Gasteiger partial charge in [0.05, 0.1) is 10.7 Å². The summed E-state index contributed by atoms with van der Waals surface area (Å²) in [5.41, 5.74) is 1.34. The monoisotopic (exact) mass is 293 g/mol. The van der Waals surface area contributed by atoms with Gasteiger partial charge in [0.1, 0.15) is 5.76 Å². The Labute approximate surface area is 110 Å². The molecule has 0 saturated carbocycles. The maximum absolute atomic E-state index is 5.49. The van der Waals surface area contributed by atoms with Crippen LogP contribution in [0, 0.1) is 0 Å². The fraction of sp³-hybridized carbons (Fsp3) is 0.286. The lowest BCUT2D eigenvalue weighted by atomic mass is 9.94. The van der Waals surface area contributed by atoms with E-state index in [4.69, 9.17) is 4.42 Å². The first-order valence-corrected chi connectivity index (χ1v) is 6.52. The summed E-state index contributed by atoms with van der Waals surface area (Å²) in [7, 11) is 1.98. The maximum Gasteiger partial charge on any atom is 0.118 e. The summed E-state index contributed by atoms with van der Waals surface area (Å²) in [4.78, 5) is 0. The highest BCUT2D eigenvalue weighted by Crippen LogP contribution is 2.25.